The number of aromatic nitrogens is 4. The molecule has 4 rings (SSSR count). The Morgan fingerprint density at radius 3 is 2.88 bits per heavy atom. The molecule has 7 nitrogen and oxygen atoms in total. The van der Waals surface area contributed by atoms with Crippen molar-refractivity contribution in [1.29, 1.82) is 0 Å². The minimum atomic E-state index is -0.155. The Kier molecular flexibility index (Phi) is 4.12. The number of fused-ring (bicyclic) bond motifs is 1. The fourth-order valence-corrected chi connectivity index (χ4v) is 3.03. The van der Waals surface area contributed by atoms with E-state index in [1.54, 1.807) is 36.9 Å². The van der Waals surface area contributed by atoms with E-state index in [9.17, 15) is 4.79 Å². The second-order valence-electron chi connectivity index (χ2n) is 5.91. The summed E-state index contributed by atoms with van der Waals surface area (Å²) < 4.78 is 5.59. The van der Waals surface area contributed by atoms with Gasteiger partial charge in [-0.2, -0.15) is 5.10 Å². The number of nitrogens with zero attached hydrogens (tertiary/aromatic N) is 3. The number of hydrogen-bond acceptors (Lipinski definition) is 5. The van der Waals surface area contributed by atoms with Crippen LogP contribution in [0.1, 0.15) is 30.0 Å². The molecule has 0 fully saturated rings. The summed E-state index contributed by atoms with van der Waals surface area (Å²) in [7, 11) is 0. The van der Waals surface area contributed by atoms with E-state index in [4.69, 9.17) is 4.74 Å². The highest BCUT2D eigenvalue weighted by Crippen LogP contribution is 2.31. The minimum absolute atomic E-state index is 0.00931. The Balaban J connectivity index is 1.42. The summed E-state index contributed by atoms with van der Waals surface area (Å²) in [5, 5.41) is 10.0. The Bertz CT molecular complexity index is 861. The lowest BCUT2D eigenvalue weighted by Crippen LogP contribution is -2.24. The lowest BCUT2D eigenvalue weighted by atomic mass is 9.86. The van der Waals surface area contributed by atoms with Crippen LogP contribution in [0.15, 0.2) is 49.1 Å². The summed E-state index contributed by atoms with van der Waals surface area (Å²) in [6, 6.07) is 7.19. The van der Waals surface area contributed by atoms with Crippen molar-refractivity contribution in [3.63, 3.8) is 0 Å². The van der Waals surface area contributed by atoms with Gasteiger partial charge in [0.05, 0.1) is 18.3 Å². The molecular formula is C18H17N5O2. The van der Waals surface area contributed by atoms with Crippen LogP contribution in [0.3, 0.4) is 0 Å². The highest BCUT2D eigenvalue weighted by atomic mass is 16.5. The number of carbonyl (C=O) groups excluding carboxylic acids is 1. The zero-order valence-corrected chi connectivity index (χ0v) is 13.5. The van der Waals surface area contributed by atoms with Crippen molar-refractivity contribution in [2.75, 3.05) is 5.32 Å². The predicted molar refractivity (Wildman–Crippen MR) is 91.4 cm³/mol. The third-order valence-corrected chi connectivity index (χ3v) is 4.25. The molecule has 1 aliphatic rings. The van der Waals surface area contributed by atoms with Gasteiger partial charge < -0.3 is 10.1 Å². The summed E-state index contributed by atoms with van der Waals surface area (Å²) in [6.45, 7) is 0. The molecule has 7 heteroatoms. The van der Waals surface area contributed by atoms with E-state index in [2.05, 4.69) is 25.5 Å². The second kappa shape index (κ2) is 6.72. The number of aromatic amines is 1. The molecule has 2 aromatic heterocycles. The van der Waals surface area contributed by atoms with Gasteiger partial charge in [-0.3, -0.25) is 14.9 Å². The topological polar surface area (TPSA) is 92.8 Å². The molecule has 25 heavy (non-hydrogen) atoms. The van der Waals surface area contributed by atoms with E-state index in [1.807, 2.05) is 12.1 Å². The zero-order chi connectivity index (χ0) is 17.1. The number of hydrogen-bond donors (Lipinski definition) is 2. The molecule has 1 amide bonds. The van der Waals surface area contributed by atoms with Crippen LogP contribution in [-0.4, -0.2) is 26.1 Å². The molecule has 1 unspecified atom stereocenters. The molecule has 0 bridgehead atoms. The quantitative estimate of drug-likeness (QED) is 0.764. The van der Waals surface area contributed by atoms with Crippen molar-refractivity contribution in [2.24, 2.45) is 0 Å². The average molecular weight is 335 g/mol. The molecule has 2 heterocycles. The van der Waals surface area contributed by atoms with E-state index in [1.165, 1.54) is 0 Å². The normalized spacial score (nSPS) is 16.1. The van der Waals surface area contributed by atoms with Crippen LogP contribution < -0.4 is 10.1 Å². The number of nitrogens with one attached hydrogen (secondary N) is 2. The summed E-state index contributed by atoms with van der Waals surface area (Å²) in [5.74, 6) is 0.894. The maximum Gasteiger partial charge on any atom is 0.237 e. The molecule has 0 aliphatic heterocycles. The Morgan fingerprint density at radius 2 is 2.08 bits per heavy atom. The van der Waals surface area contributed by atoms with E-state index in [0.717, 1.165) is 36.2 Å². The van der Waals surface area contributed by atoms with Crippen molar-refractivity contribution in [3.8, 4) is 11.6 Å². The number of H-pyrrole nitrogens is 1. The molecule has 1 aromatic carbocycles. The van der Waals surface area contributed by atoms with Gasteiger partial charge in [-0.15, -0.1) is 0 Å². The fraction of sp³-hybridized carbons (Fsp3) is 0.222. The van der Waals surface area contributed by atoms with Crippen LogP contribution in [0.25, 0.3) is 0 Å². The first kappa shape index (κ1) is 15.3. The number of anilines is 1. The number of benzene rings is 1. The smallest absolute Gasteiger partial charge is 0.237 e. The van der Waals surface area contributed by atoms with Gasteiger partial charge in [-0.25, -0.2) is 4.98 Å². The van der Waals surface area contributed by atoms with E-state index >= 15 is 0 Å². The van der Waals surface area contributed by atoms with Crippen LogP contribution in [0.5, 0.6) is 11.6 Å². The van der Waals surface area contributed by atoms with Crippen molar-refractivity contribution in [1.82, 2.24) is 20.2 Å². The lowest BCUT2D eigenvalue weighted by Gasteiger charge is -2.21. The Morgan fingerprint density at radius 1 is 1.20 bits per heavy atom. The van der Waals surface area contributed by atoms with Crippen LogP contribution >= 0.6 is 0 Å². The van der Waals surface area contributed by atoms with Crippen molar-refractivity contribution >= 4 is 11.6 Å². The SMILES string of the molecule is O=C(Nc1ccc(Oc2cnccn2)cc1)C1CCCc2[nH]ncc21. The first-order valence-electron chi connectivity index (χ1n) is 8.16. The first-order chi connectivity index (χ1) is 12.3. The van der Waals surface area contributed by atoms with E-state index in [-0.39, 0.29) is 11.8 Å². The fourth-order valence-electron chi connectivity index (χ4n) is 3.03. The van der Waals surface area contributed by atoms with Crippen molar-refractivity contribution < 1.29 is 9.53 Å². The highest BCUT2D eigenvalue weighted by molar-refractivity contribution is 5.96. The van der Waals surface area contributed by atoms with Gasteiger partial charge in [0.1, 0.15) is 5.75 Å². The number of aryl methyl sites for hydroxylation is 1. The molecule has 0 saturated heterocycles. The molecule has 0 radical (unpaired) electrons. The average Bonchev–Trinajstić information content (AvgIpc) is 3.13. The van der Waals surface area contributed by atoms with Crippen LogP contribution in [0.2, 0.25) is 0 Å². The number of amides is 1. The first-order valence-corrected chi connectivity index (χ1v) is 8.16. The van der Waals surface area contributed by atoms with Gasteiger partial charge in [0.25, 0.3) is 0 Å². The van der Waals surface area contributed by atoms with Crippen LogP contribution in [0, 0.1) is 0 Å². The number of carbonyl (C=O) groups is 1. The summed E-state index contributed by atoms with van der Waals surface area (Å²) in [6.07, 6.45) is 9.23. The van der Waals surface area contributed by atoms with Crippen molar-refractivity contribution in [3.05, 3.63) is 60.3 Å². The molecule has 126 valence electrons. The van der Waals surface area contributed by atoms with Gasteiger partial charge >= 0.3 is 0 Å². The zero-order valence-electron chi connectivity index (χ0n) is 13.5. The lowest BCUT2D eigenvalue weighted by molar-refractivity contribution is -0.117. The number of ether oxygens (including phenoxy) is 1. The predicted octanol–water partition coefficient (Wildman–Crippen LogP) is 3.05. The maximum atomic E-state index is 12.6. The summed E-state index contributed by atoms with van der Waals surface area (Å²) in [4.78, 5) is 20.6. The van der Waals surface area contributed by atoms with Gasteiger partial charge in [0, 0.05) is 29.3 Å². The molecule has 0 spiro atoms. The summed E-state index contributed by atoms with van der Waals surface area (Å²) in [5.41, 5.74) is 2.80. The Labute approximate surface area is 144 Å². The van der Waals surface area contributed by atoms with Crippen LogP contribution in [-0.2, 0) is 11.2 Å². The Hall–Kier alpha value is -3.22. The highest BCUT2D eigenvalue weighted by Gasteiger charge is 2.27. The largest absolute Gasteiger partial charge is 0.438 e. The molecule has 1 aliphatic carbocycles. The molecule has 3 aromatic rings. The van der Waals surface area contributed by atoms with E-state index < -0.39 is 0 Å². The third kappa shape index (κ3) is 3.35. The van der Waals surface area contributed by atoms with Gasteiger partial charge in [-0.05, 0) is 43.5 Å². The standard InChI is InChI=1S/C18H17N5O2/c24-18(14-2-1-3-16-15(14)10-21-23-16)22-12-4-6-13(7-5-12)25-17-11-19-8-9-20-17/h4-11,14H,1-3H2,(H,21,23)(H,22,24). The monoisotopic (exact) mass is 335 g/mol. The third-order valence-electron chi connectivity index (χ3n) is 4.25. The number of rotatable bonds is 4. The summed E-state index contributed by atoms with van der Waals surface area (Å²) >= 11 is 0. The molecule has 1 atom stereocenters. The van der Waals surface area contributed by atoms with Crippen molar-refractivity contribution in [2.45, 2.75) is 25.2 Å². The minimum Gasteiger partial charge on any atom is -0.438 e. The second-order valence-corrected chi connectivity index (χ2v) is 5.91. The van der Waals surface area contributed by atoms with Gasteiger partial charge in [0.15, 0.2) is 0 Å². The molecule has 0 saturated carbocycles. The molecule has 2 N–H and O–H groups in total. The van der Waals surface area contributed by atoms with Gasteiger partial charge in [-0.1, -0.05) is 0 Å². The van der Waals surface area contributed by atoms with Crippen LogP contribution in [0.4, 0.5) is 5.69 Å². The van der Waals surface area contributed by atoms with Gasteiger partial charge in [0.2, 0.25) is 11.8 Å². The van der Waals surface area contributed by atoms with E-state index in [0.29, 0.717) is 11.6 Å². The maximum absolute atomic E-state index is 12.6. The molecular weight excluding hydrogens is 318 g/mol.